The number of likely N-dealkylation sites (tertiary alicyclic amines) is 1. The summed E-state index contributed by atoms with van der Waals surface area (Å²) in [4.78, 5) is 18.9. The summed E-state index contributed by atoms with van der Waals surface area (Å²) < 4.78 is 5.42. The molecule has 2 aromatic carbocycles. The van der Waals surface area contributed by atoms with Crippen LogP contribution in [0.4, 0.5) is 10.5 Å². The third kappa shape index (κ3) is 7.89. The van der Waals surface area contributed by atoms with Gasteiger partial charge in [0.1, 0.15) is 5.75 Å². The first-order valence-electron chi connectivity index (χ1n) is 11.0. The van der Waals surface area contributed by atoms with E-state index in [1.165, 1.54) is 0 Å². The zero-order valence-electron chi connectivity index (χ0n) is 18.9. The molecule has 0 saturated carbocycles. The third-order valence-electron chi connectivity index (χ3n) is 5.21. The fourth-order valence-electron chi connectivity index (χ4n) is 3.61. The summed E-state index contributed by atoms with van der Waals surface area (Å²) >= 11 is 0. The van der Waals surface area contributed by atoms with E-state index in [-0.39, 0.29) is 30.0 Å². The molecule has 2 amide bonds. The van der Waals surface area contributed by atoms with Gasteiger partial charge in [-0.2, -0.15) is 0 Å². The van der Waals surface area contributed by atoms with Crippen LogP contribution in [0.15, 0.2) is 53.5 Å². The highest BCUT2D eigenvalue weighted by atomic mass is 127. The van der Waals surface area contributed by atoms with Crippen molar-refractivity contribution in [3.63, 3.8) is 0 Å². The van der Waals surface area contributed by atoms with Gasteiger partial charge in [0.25, 0.3) is 0 Å². The van der Waals surface area contributed by atoms with E-state index in [1.54, 1.807) is 7.11 Å². The maximum absolute atomic E-state index is 12.3. The number of ether oxygens (including phenoxy) is 1. The second kappa shape index (κ2) is 13.8. The summed E-state index contributed by atoms with van der Waals surface area (Å²) in [5.74, 6) is 1.67. The molecule has 0 radical (unpaired) electrons. The number of hydrogen-bond donors (Lipinski definition) is 3. The molecule has 32 heavy (non-hydrogen) atoms. The minimum atomic E-state index is -0.0236. The molecule has 0 aliphatic carbocycles. The molecule has 0 bridgehead atoms. The Balaban J connectivity index is 0.00000363. The zero-order valence-corrected chi connectivity index (χ0v) is 21.2. The van der Waals surface area contributed by atoms with Crippen LogP contribution in [0.1, 0.15) is 30.9 Å². The highest BCUT2D eigenvalue weighted by Gasteiger charge is 2.17. The van der Waals surface area contributed by atoms with Crippen molar-refractivity contribution in [2.45, 2.75) is 32.7 Å². The van der Waals surface area contributed by atoms with Crippen LogP contribution >= 0.6 is 24.0 Å². The molecule has 8 heteroatoms. The highest BCUT2D eigenvalue weighted by molar-refractivity contribution is 14.0. The number of nitrogens with zero attached hydrogens (tertiary/aromatic N) is 2. The van der Waals surface area contributed by atoms with Gasteiger partial charge in [-0.05, 0) is 55.5 Å². The first-order chi connectivity index (χ1) is 15.2. The monoisotopic (exact) mass is 551 g/mol. The minimum absolute atomic E-state index is 0. The number of urea groups is 1. The lowest BCUT2D eigenvalue weighted by Gasteiger charge is -2.16. The van der Waals surface area contributed by atoms with E-state index in [1.807, 2.05) is 54.3 Å². The largest absolute Gasteiger partial charge is 0.496 e. The van der Waals surface area contributed by atoms with Gasteiger partial charge in [0.2, 0.25) is 0 Å². The Labute approximate surface area is 208 Å². The third-order valence-corrected chi connectivity index (χ3v) is 5.21. The number of nitrogens with one attached hydrogen (secondary N) is 3. The molecule has 1 aliphatic heterocycles. The van der Waals surface area contributed by atoms with Gasteiger partial charge >= 0.3 is 6.03 Å². The molecule has 3 rings (SSSR count). The topological polar surface area (TPSA) is 78.0 Å². The van der Waals surface area contributed by atoms with Crippen molar-refractivity contribution in [2.24, 2.45) is 4.99 Å². The van der Waals surface area contributed by atoms with E-state index in [0.29, 0.717) is 6.54 Å². The number of aliphatic imine (C=N–C) groups is 1. The number of rotatable bonds is 8. The molecule has 0 atom stereocenters. The Morgan fingerprint density at radius 3 is 2.62 bits per heavy atom. The van der Waals surface area contributed by atoms with Crippen LogP contribution in [0.3, 0.4) is 0 Å². The van der Waals surface area contributed by atoms with Gasteiger partial charge in [0.05, 0.1) is 13.7 Å². The van der Waals surface area contributed by atoms with E-state index in [9.17, 15) is 4.79 Å². The number of amides is 2. The van der Waals surface area contributed by atoms with Gasteiger partial charge in [-0.25, -0.2) is 9.79 Å². The molecule has 2 aromatic rings. The van der Waals surface area contributed by atoms with Crippen molar-refractivity contribution in [1.29, 1.82) is 0 Å². The standard InChI is InChI=1S/C24H33N5O2.HI/c1-3-25-23(26-14-13-20-10-4-5-12-22(20)31-2)27-18-19-9-8-11-21(17-19)28-24(30)29-15-6-7-16-29;/h4-5,8-12,17H,3,6-7,13-16,18H2,1-2H3,(H,28,30)(H2,25,26,27);1H. The number of halogens is 1. The van der Waals surface area contributed by atoms with Gasteiger partial charge in [0, 0.05) is 31.9 Å². The Bertz CT molecular complexity index is 884. The van der Waals surface area contributed by atoms with Crippen LogP contribution in [-0.4, -0.2) is 50.2 Å². The average Bonchev–Trinajstić information content (AvgIpc) is 3.33. The van der Waals surface area contributed by atoms with Gasteiger partial charge in [-0.3, -0.25) is 0 Å². The molecule has 1 saturated heterocycles. The quantitative estimate of drug-likeness (QED) is 0.261. The normalized spacial score (nSPS) is 13.3. The van der Waals surface area contributed by atoms with Crippen molar-refractivity contribution in [1.82, 2.24) is 15.5 Å². The molecule has 0 spiro atoms. The second-order valence-electron chi connectivity index (χ2n) is 7.51. The van der Waals surface area contributed by atoms with Crippen LogP contribution in [0.5, 0.6) is 5.75 Å². The lowest BCUT2D eigenvalue weighted by Crippen LogP contribution is -2.38. The van der Waals surface area contributed by atoms with Crippen LogP contribution in [-0.2, 0) is 13.0 Å². The second-order valence-corrected chi connectivity index (χ2v) is 7.51. The van der Waals surface area contributed by atoms with Gasteiger partial charge in [-0.15, -0.1) is 24.0 Å². The number of carbonyl (C=O) groups is 1. The van der Waals surface area contributed by atoms with Gasteiger partial charge in [0.15, 0.2) is 5.96 Å². The Hall–Kier alpha value is -2.49. The van der Waals surface area contributed by atoms with Crippen molar-refractivity contribution < 1.29 is 9.53 Å². The maximum Gasteiger partial charge on any atom is 0.321 e. The molecule has 3 N–H and O–H groups in total. The molecular formula is C24H34IN5O2. The number of guanidine groups is 1. The lowest BCUT2D eigenvalue weighted by atomic mass is 10.1. The Morgan fingerprint density at radius 1 is 1.09 bits per heavy atom. The van der Waals surface area contributed by atoms with Crippen LogP contribution in [0, 0.1) is 0 Å². The molecule has 0 unspecified atom stereocenters. The van der Waals surface area contributed by atoms with Crippen molar-refractivity contribution in [3.8, 4) is 5.75 Å². The Kier molecular flexibility index (Phi) is 11.1. The van der Waals surface area contributed by atoms with Crippen LogP contribution in [0.2, 0.25) is 0 Å². The number of anilines is 1. The SMILES string of the molecule is CCNC(=NCc1cccc(NC(=O)N2CCCC2)c1)NCCc1ccccc1OC.I. The Morgan fingerprint density at radius 2 is 1.88 bits per heavy atom. The average molecular weight is 551 g/mol. The van der Waals surface area contributed by atoms with Crippen molar-refractivity contribution in [3.05, 3.63) is 59.7 Å². The number of benzene rings is 2. The fraction of sp³-hybridized carbons (Fsp3) is 0.417. The van der Waals surface area contributed by atoms with E-state index in [2.05, 4.69) is 22.0 Å². The molecular weight excluding hydrogens is 517 g/mol. The first-order valence-corrected chi connectivity index (χ1v) is 11.0. The van der Waals surface area contributed by atoms with Crippen LogP contribution in [0.25, 0.3) is 0 Å². The van der Waals surface area contributed by atoms with E-state index in [4.69, 9.17) is 9.73 Å². The number of carbonyl (C=O) groups excluding carboxylic acids is 1. The van der Waals surface area contributed by atoms with Gasteiger partial charge in [-0.1, -0.05) is 30.3 Å². The summed E-state index contributed by atoms with van der Waals surface area (Å²) in [5, 5.41) is 9.66. The van der Waals surface area contributed by atoms with E-state index >= 15 is 0 Å². The smallest absolute Gasteiger partial charge is 0.321 e. The highest BCUT2D eigenvalue weighted by Crippen LogP contribution is 2.17. The summed E-state index contributed by atoms with van der Waals surface area (Å²) in [6, 6.07) is 15.9. The predicted octanol–water partition coefficient (Wildman–Crippen LogP) is 4.24. The van der Waals surface area contributed by atoms with E-state index in [0.717, 1.165) is 74.0 Å². The zero-order chi connectivity index (χ0) is 21.9. The van der Waals surface area contributed by atoms with Crippen molar-refractivity contribution >= 4 is 41.7 Å². The van der Waals surface area contributed by atoms with Gasteiger partial charge < -0.3 is 25.6 Å². The molecule has 174 valence electrons. The molecule has 1 heterocycles. The number of hydrogen-bond acceptors (Lipinski definition) is 3. The molecule has 7 nitrogen and oxygen atoms in total. The number of methoxy groups -OCH3 is 1. The molecule has 1 fully saturated rings. The molecule has 0 aromatic heterocycles. The maximum atomic E-state index is 12.3. The number of para-hydroxylation sites is 1. The summed E-state index contributed by atoms with van der Waals surface area (Å²) in [6.07, 6.45) is 3.01. The summed E-state index contributed by atoms with van der Waals surface area (Å²) in [5.41, 5.74) is 3.01. The lowest BCUT2D eigenvalue weighted by molar-refractivity contribution is 0.222. The molecule has 1 aliphatic rings. The summed E-state index contributed by atoms with van der Waals surface area (Å²) in [7, 11) is 1.69. The van der Waals surface area contributed by atoms with Crippen LogP contribution < -0.4 is 20.7 Å². The van der Waals surface area contributed by atoms with E-state index < -0.39 is 0 Å². The minimum Gasteiger partial charge on any atom is -0.496 e. The van der Waals surface area contributed by atoms with Crippen molar-refractivity contribution in [2.75, 3.05) is 38.6 Å². The first kappa shape index (κ1) is 25.8. The predicted molar refractivity (Wildman–Crippen MR) is 141 cm³/mol. The summed E-state index contributed by atoms with van der Waals surface area (Å²) in [6.45, 7) is 5.78. The fourth-order valence-corrected chi connectivity index (χ4v) is 3.61.